The van der Waals surface area contributed by atoms with Crippen LogP contribution in [-0.2, 0) is 5.88 Å². The standard InChI is InChI=1S/C11H10BrClF2O/c1-6(12)10(16)8-4-2-3-7(5-13)9(8)11(14)15/h2-4,6,11H,5H2,1H3. The second-order valence-electron chi connectivity index (χ2n) is 3.29. The van der Waals surface area contributed by atoms with Crippen molar-refractivity contribution in [1.82, 2.24) is 0 Å². The molecule has 1 unspecified atom stereocenters. The predicted octanol–water partition coefficient (Wildman–Crippen LogP) is 4.33. The predicted molar refractivity (Wildman–Crippen MR) is 63.7 cm³/mol. The van der Waals surface area contributed by atoms with Crippen LogP contribution in [0.4, 0.5) is 8.78 Å². The van der Waals surface area contributed by atoms with Crippen molar-refractivity contribution in [3.05, 3.63) is 34.9 Å². The van der Waals surface area contributed by atoms with E-state index in [4.69, 9.17) is 11.6 Å². The minimum atomic E-state index is -2.69. The molecular weight excluding hydrogens is 301 g/mol. The lowest BCUT2D eigenvalue weighted by molar-refractivity contribution is 0.0981. The van der Waals surface area contributed by atoms with Gasteiger partial charge in [-0.25, -0.2) is 8.78 Å². The molecular formula is C11H10BrClF2O. The first-order chi connectivity index (χ1) is 7.49. The highest BCUT2D eigenvalue weighted by Crippen LogP contribution is 2.29. The number of carbonyl (C=O) groups is 1. The van der Waals surface area contributed by atoms with E-state index < -0.39 is 11.3 Å². The summed E-state index contributed by atoms with van der Waals surface area (Å²) in [6.07, 6.45) is -2.69. The highest BCUT2D eigenvalue weighted by Gasteiger charge is 2.23. The summed E-state index contributed by atoms with van der Waals surface area (Å²) in [5, 5.41) is 0. The largest absolute Gasteiger partial charge is 0.293 e. The quantitative estimate of drug-likeness (QED) is 0.597. The molecule has 0 bridgehead atoms. The molecule has 0 aliphatic carbocycles. The number of halogens is 4. The number of Topliss-reactive ketones (excluding diaryl/α,β-unsaturated/α-hetero) is 1. The van der Waals surface area contributed by atoms with Crippen molar-refractivity contribution in [1.29, 1.82) is 0 Å². The van der Waals surface area contributed by atoms with E-state index in [1.165, 1.54) is 12.1 Å². The van der Waals surface area contributed by atoms with Gasteiger partial charge < -0.3 is 0 Å². The molecule has 0 aromatic heterocycles. The minimum absolute atomic E-state index is 0.0303. The van der Waals surface area contributed by atoms with Crippen molar-refractivity contribution in [2.75, 3.05) is 0 Å². The Morgan fingerprint density at radius 1 is 1.50 bits per heavy atom. The summed E-state index contributed by atoms with van der Waals surface area (Å²) in [7, 11) is 0. The van der Waals surface area contributed by atoms with Crippen molar-refractivity contribution >= 4 is 33.3 Å². The van der Waals surface area contributed by atoms with Gasteiger partial charge in [0.15, 0.2) is 5.78 Å². The third-order valence-electron chi connectivity index (χ3n) is 2.19. The minimum Gasteiger partial charge on any atom is -0.293 e. The fourth-order valence-electron chi connectivity index (χ4n) is 1.42. The highest BCUT2D eigenvalue weighted by molar-refractivity contribution is 9.10. The Kier molecular flexibility index (Phi) is 4.87. The summed E-state index contributed by atoms with van der Waals surface area (Å²) in [6, 6.07) is 4.47. The van der Waals surface area contributed by atoms with Gasteiger partial charge in [0, 0.05) is 17.0 Å². The van der Waals surface area contributed by atoms with Crippen LogP contribution in [0.15, 0.2) is 18.2 Å². The van der Waals surface area contributed by atoms with E-state index >= 15 is 0 Å². The molecule has 16 heavy (non-hydrogen) atoms. The molecule has 1 rings (SSSR count). The number of hydrogen-bond donors (Lipinski definition) is 0. The summed E-state index contributed by atoms with van der Waals surface area (Å²) in [4.78, 5) is 11.2. The second-order valence-corrected chi connectivity index (χ2v) is 4.93. The Balaban J connectivity index is 3.33. The van der Waals surface area contributed by atoms with E-state index in [0.29, 0.717) is 5.56 Å². The smallest absolute Gasteiger partial charge is 0.264 e. The van der Waals surface area contributed by atoms with Crippen molar-refractivity contribution in [3.63, 3.8) is 0 Å². The van der Waals surface area contributed by atoms with Gasteiger partial charge in [-0.2, -0.15) is 0 Å². The Labute approximate surface area is 106 Å². The molecule has 1 atom stereocenters. The molecule has 0 aliphatic rings. The first kappa shape index (κ1) is 13.6. The van der Waals surface area contributed by atoms with Gasteiger partial charge in [-0.05, 0) is 12.5 Å². The molecule has 1 aromatic carbocycles. The van der Waals surface area contributed by atoms with Crippen LogP contribution in [0.1, 0.15) is 34.8 Å². The molecule has 88 valence electrons. The summed E-state index contributed by atoms with van der Waals surface area (Å²) >= 11 is 8.65. The van der Waals surface area contributed by atoms with Gasteiger partial charge in [-0.1, -0.05) is 34.1 Å². The van der Waals surface area contributed by atoms with Gasteiger partial charge >= 0.3 is 0 Å². The number of carbonyl (C=O) groups excluding carboxylic acids is 1. The van der Waals surface area contributed by atoms with Crippen LogP contribution in [0.5, 0.6) is 0 Å². The first-order valence-electron chi connectivity index (χ1n) is 4.63. The number of benzene rings is 1. The third-order valence-corrected chi connectivity index (χ3v) is 2.89. The van der Waals surface area contributed by atoms with E-state index in [2.05, 4.69) is 15.9 Å². The Bertz CT molecular complexity index is 394. The molecule has 5 heteroatoms. The molecule has 1 aromatic rings. The lowest BCUT2D eigenvalue weighted by Gasteiger charge is -2.12. The van der Waals surface area contributed by atoms with Crippen molar-refractivity contribution in [2.24, 2.45) is 0 Å². The van der Waals surface area contributed by atoms with Gasteiger partial charge in [-0.15, -0.1) is 11.6 Å². The van der Waals surface area contributed by atoms with Gasteiger partial charge in [0.1, 0.15) is 0 Å². The first-order valence-corrected chi connectivity index (χ1v) is 6.08. The van der Waals surface area contributed by atoms with Crippen LogP contribution < -0.4 is 0 Å². The molecule has 0 aliphatic heterocycles. The van der Waals surface area contributed by atoms with Gasteiger partial charge in [0.2, 0.25) is 0 Å². The average molecular weight is 312 g/mol. The third kappa shape index (κ3) is 2.80. The molecule has 0 radical (unpaired) electrons. The van der Waals surface area contributed by atoms with Crippen LogP contribution in [0.25, 0.3) is 0 Å². The molecule has 0 saturated heterocycles. The molecule has 0 saturated carbocycles. The van der Waals surface area contributed by atoms with E-state index in [9.17, 15) is 13.6 Å². The van der Waals surface area contributed by atoms with Crippen LogP contribution in [0, 0.1) is 0 Å². The van der Waals surface area contributed by atoms with Crippen molar-refractivity contribution in [3.8, 4) is 0 Å². The zero-order valence-corrected chi connectivity index (χ0v) is 10.9. The number of hydrogen-bond acceptors (Lipinski definition) is 1. The van der Waals surface area contributed by atoms with Crippen LogP contribution in [0.3, 0.4) is 0 Å². The lowest BCUT2D eigenvalue weighted by Crippen LogP contribution is -2.14. The summed E-state index contributed by atoms with van der Waals surface area (Å²) in [5.74, 6) is -0.389. The molecule has 1 nitrogen and oxygen atoms in total. The van der Waals surface area contributed by atoms with Gasteiger partial charge in [0.25, 0.3) is 6.43 Å². The monoisotopic (exact) mass is 310 g/mol. The summed E-state index contributed by atoms with van der Waals surface area (Å²) < 4.78 is 25.7. The summed E-state index contributed by atoms with van der Waals surface area (Å²) in [6.45, 7) is 1.60. The Hall–Kier alpha value is -0.480. The maximum atomic E-state index is 12.9. The van der Waals surface area contributed by atoms with Crippen LogP contribution in [-0.4, -0.2) is 10.6 Å². The van der Waals surface area contributed by atoms with E-state index in [0.717, 1.165) is 0 Å². The molecule has 0 amide bonds. The van der Waals surface area contributed by atoms with Crippen molar-refractivity contribution < 1.29 is 13.6 Å². The van der Waals surface area contributed by atoms with E-state index in [1.54, 1.807) is 13.0 Å². The molecule has 0 N–H and O–H groups in total. The van der Waals surface area contributed by atoms with Crippen molar-refractivity contribution in [2.45, 2.75) is 24.1 Å². The topological polar surface area (TPSA) is 17.1 Å². The maximum Gasteiger partial charge on any atom is 0.264 e. The number of alkyl halides is 4. The zero-order valence-electron chi connectivity index (χ0n) is 8.51. The lowest BCUT2D eigenvalue weighted by atomic mass is 9.98. The number of rotatable bonds is 4. The van der Waals surface area contributed by atoms with Gasteiger partial charge in [-0.3, -0.25) is 4.79 Å². The van der Waals surface area contributed by atoms with Crippen LogP contribution in [0.2, 0.25) is 0 Å². The fraction of sp³-hybridized carbons (Fsp3) is 0.364. The normalized spacial score (nSPS) is 12.9. The van der Waals surface area contributed by atoms with E-state index in [-0.39, 0.29) is 22.8 Å². The average Bonchev–Trinajstić information content (AvgIpc) is 2.26. The zero-order chi connectivity index (χ0) is 12.3. The molecule has 0 fully saturated rings. The maximum absolute atomic E-state index is 12.9. The fourth-order valence-corrected chi connectivity index (χ4v) is 1.90. The van der Waals surface area contributed by atoms with Gasteiger partial charge in [0.05, 0.1) is 4.83 Å². The highest BCUT2D eigenvalue weighted by atomic mass is 79.9. The Morgan fingerprint density at radius 2 is 2.12 bits per heavy atom. The Morgan fingerprint density at radius 3 is 2.56 bits per heavy atom. The number of ketones is 1. The second kappa shape index (κ2) is 5.73. The van der Waals surface area contributed by atoms with E-state index in [1.807, 2.05) is 0 Å². The molecule has 0 heterocycles. The SMILES string of the molecule is CC(Br)C(=O)c1cccc(CCl)c1C(F)F. The van der Waals surface area contributed by atoms with Crippen LogP contribution >= 0.6 is 27.5 Å². The summed E-state index contributed by atoms with van der Waals surface area (Å²) in [5.41, 5.74) is 0.0852. The molecule has 0 spiro atoms.